The first kappa shape index (κ1) is 15.6. The Hall–Kier alpha value is -0.430. The molecule has 0 spiro atoms. The number of rotatable bonds is 9. The summed E-state index contributed by atoms with van der Waals surface area (Å²) in [6, 6.07) is 3.56. The highest BCUT2D eigenvalue weighted by atomic mass is 32.2. The third-order valence-corrected chi connectivity index (χ3v) is 5.49. The van der Waals surface area contributed by atoms with Crippen LogP contribution in [0, 0.1) is 0 Å². The Bertz CT molecular complexity index is 441. The van der Waals surface area contributed by atoms with Gasteiger partial charge in [-0.05, 0) is 31.5 Å². The molecule has 0 aliphatic rings. The zero-order chi connectivity index (χ0) is 13.4. The molecule has 4 nitrogen and oxygen atoms in total. The van der Waals surface area contributed by atoms with Crippen LogP contribution in [0.5, 0.6) is 0 Å². The summed E-state index contributed by atoms with van der Waals surface area (Å²) in [4.78, 5) is 1.05. The van der Waals surface area contributed by atoms with Crippen LogP contribution in [0.25, 0.3) is 0 Å². The average Bonchev–Trinajstić information content (AvgIpc) is 2.79. The number of hydrogen-bond acceptors (Lipinski definition) is 4. The number of nitrogens with one attached hydrogen (secondary N) is 2. The molecule has 0 bridgehead atoms. The Labute approximate surface area is 114 Å². The van der Waals surface area contributed by atoms with E-state index in [1.165, 1.54) is 11.3 Å². The summed E-state index contributed by atoms with van der Waals surface area (Å²) in [5.41, 5.74) is 0. The predicted molar refractivity (Wildman–Crippen MR) is 76.4 cm³/mol. The fourth-order valence-electron chi connectivity index (χ4n) is 1.44. The summed E-state index contributed by atoms with van der Waals surface area (Å²) in [5, 5.41) is 3.26. The van der Waals surface area contributed by atoms with Gasteiger partial charge in [-0.2, -0.15) is 0 Å². The SMILES string of the molecule is CCCCNS(=O)(=O)c1ccc(CNCCC)s1. The van der Waals surface area contributed by atoms with Crippen LogP contribution in [0.3, 0.4) is 0 Å². The minimum Gasteiger partial charge on any atom is -0.312 e. The van der Waals surface area contributed by atoms with E-state index in [-0.39, 0.29) is 0 Å². The second-order valence-electron chi connectivity index (χ2n) is 4.15. The smallest absolute Gasteiger partial charge is 0.250 e. The predicted octanol–water partition coefficient (Wildman–Crippen LogP) is 2.33. The summed E-state index contributed by atoms with van der Waals surface area (Å²) in [5.74, 6) is 0. The third-order valence-electron chi connectivity index (χ3n) is 2.45. The Morgan fingerprint density at radius 1 is 1.17 bits per heavy atom. The lowest BCUT2D eigenvalue weighted by Gasteiger charge is -2.03. The fourth-order valence-corrected chi connectivity index (χ4v) is 3.88. The zero-order valence-electron chi connectivity index (χ0n) is 11.0. The number of unbranched alkanes of at least 4 members (excludes halogenated alkanes) is 1. The molecule has 1 aromatic rings. The third kappa shape index (κ3) is 5.06. The van der Waals surface area contributed by atoms with Crippen LogP contribution in [-0.2, 0) is 16.6 Å². The summed E-state index contributed by atoms with van der Waals surface area (Å²) in [6.45, 7) is 6.35. The highest BCUT2D eigenvalue weighted by molar-refractivity contribution is 7.91. The fraction of sp³-hybridized carbons (Fsp3) is 0.667. The Morgan fingerprint density at radius 2 is 1.94 bits per heavy atom. The van der Waals surface area contributed by atoms with E-state index < -0.39 is 10.0 Å². The van der Waals surface area contributed by atoms with E-state index in [1.54, 1.807) is 6.07 Å². The second kappa shape index (κ2) is 7.89. The van der Waals surface area contributed by atoms with Crippen LogP contribution < -0.4 is 10.0 Å². The molecule has 1 aromatic heterocycles. The van der Waals surface area contributed by atoms with Gasteiger partial charge < -0.3 is 5.32 Å². The molecule has 1 rings (SSSR count). The highest BCUT2D eigenvalue weighted by Crippen LogP contribution is 2.21. The highest BCUT2D eigenvalue weighted by Gasteiger charge is 2.15. The molecule has 6 heteroatoms. The van der Waals surface area contributed by atoms with Gasteiger partial charge in [-0.3, -0.25) is 0 Å². The first-order chi connectivity index (χ1) is 8.60. The summed E-state index contributed by atoms with van der Waals surface area (Å²) in [6.07, 6.45) is 2.93. The Kier molecular flexibility index (Phi) is 6.85. The monoisotopic (exact) mass is 290 g/mol. The molecule has 0 radical (unpaired) electrons. The lowest BCUT2D eigenvalue weighted by molar-refractivity contribution is 0.580. The summed E-state index contributed by atoms with van der Waals surface area (Å²) >= 11 is 1.34. The van der Waals surface area contributed by atoms with E-state index in [9.17, 15) is 8.42 Å². The summed E-state index contributed by atoms with van der Waals surface area (Å²) in [7, 11) is -3.30. The zero-order valence-corrected chi connectivity index (χ0v) is 12.7. The largest absolute Gasteiger partial charge is 0.312 e. The van der Waals surface area contributed by atoms with E-state index in [2.05, 4.69) is 17.0 Å². The molecule has 0 unspecified atom stereocenters. The van der Waals surface area contributed by atoms with E-state index in [0.717, 1.165) is 37.2 Å². The van der Waals surface area contributed by atoms with Crippen LogP contribution >= 0.6 is 11.3 Å². The number of hydrogen-bond donors (Lipinski definition) is 2. The normalized spacial score (nSPS) is 11.9. The van der Waals surface area contributed by atoms with Crippen LogP contribution in [0.15, 0.2) is 16.3 Å². The van der Waals surface area contributed by atoms with Gasteiger partial charge in [0.1, 0.15) is 4.21 Å². The average molecular weight is 290 g/mol. The molecule has 104 valence electrons. The Morgan fingerprint density at radius 3 is 2.61 bits per heavy atom. The lowest BCUT2D eigenvalue weighted by atomic mass is 10.3. The van der Waals surface area contributed by atoms with Crippen LogP contribution in [0.4, 0.5) is 0 Å². The van der Waals surface area contributed by atoms with Gasteiger partial charge in [0.05, 0.1) is 0 Å². The van der Waals surface area contributed by atoms with Gasteiger partial charge in [0.2, 0.25) is 10.0 Å². The van der Waals surface area contributed by atoms with Crippen LogP contribution in [0.1, 0.15) is 38.0 Å². The maximum absolute atomic E-state index is 11.9. The summed E-state index contributed by atoms with van der Waals surface area (Å²) < 4.78 is 26.9. The molecule has 0 amide bonds. The van der Waals surface area contributed by atoms with Gasteiger partial charge in [-0.15, -0.1) is 11.3 Å². The van der Waals surface area contributed by atoms with Crippen molar-refractivity contribution in [2.75, 3.05) is 13.1 Å². The second-order valence-corrected chi connectivity index (χ2v) is 7.31. The van der Waals surface area contributed by atoms with Crippen molar-refractivity contribution in [1.29, 1.82) is 0 Å². The lowest BCUT2D eigenvalue weighted by Crippen LogP contribution is -2.23. The van der Waals surface area contributed by atoms with Crippen molar-refractivity contribution >= 4 is 21.4 Å². The van der Waals surface area contributed by atoms with Crippen LogP contribution in [0.2, 0.25) is 0 Å². The number of sulfonamides is 1. The van der Waals surface area contributed by atoms with Crippen molar-refractivity contribution in [2.45, 2.75) is 43.9 Å². The molecule has 0 atom stereocenters. The molecule has 0 aromatic carbocycles. The van der Waals surface area contributed by atoms with Crippen molar-refractivity contribution in [2.24, 2.45) is 0 Å². The molecule has 18 heavy (non-hydrogen) atoms. The van der Waals surface area contributed by atoms with Crippen molar-refractivity contribution in [1.82, 2.24) is 10.0 Å². The van der Waals surface area contributed by atoms with Crippen molar-refractivity contribution in [3.8, 4) is 0 Å². The van der Waals surface area contributed by atoms with E-state index in [4.69, 9.17) is 0 Å². The molecule has 1 heterocycles. The van der Waals surface area contributed by atoms with E-state index >= 15 is 0 Å². The topological polar surface area (TPSA) is 58.2 Å². The Balaban J connectivity index is 2.55. The van der Waals surface area contributed by atoms with Gasteiger partial charge in [0, 0.05) is 18.0 Å². The van der Waals surface area contributed by atoms with Crippen LogP contribution in [-0.4, -0.2) is 21.5 Å². The maximum Gasteiger partial charge on any atom is 0.250 e. The molecular formula is C12H22N2O2S2. The van der Waals surface area contributed by atoms with Crippen molar-refractivity contribution < 1.29 is 8.42 Å². The molecule has 0 saturated carbocycles. The van der Waals surface area contributed by atoms with Gasteiger partial charge in [-0.1, -0.05) is 20.3 Å². The van der Waals surface area contributed by atoms with Crippen molar-refractivity contribution in [3.63, 3.8) is 0 Å². The molecule has 0 aliphatic carbocycles. The first-order valence-electron chi connectivity index (χ1n) is 6.39. The van der Waals surface area contributed by atoms with Gasteiger partial charge in [0.25, 0.3) is 0 Å². The molecule has 2 N–H and O–H groups in total. The minimum absolute atomic E-state index is 0.409. The first-order valence-corrected chi connectivity index (χ1v) is 8.69. The molecule has 0 aliphatic heterocycles. The molecule has 0 saturated heterocycles. The van der Waals surface area contributed by atoms with E-state index in [1.807, 2.05) is 13.0 Å². The number of thiophene rings is 1. The van der Waals surface area contributed by atoms with Crippen molar-refractivity contribution in [3.05, 3.63) is 17.0 Å². The molecular weight excluding hydrogens is 268 g/mol. The quantitative estimate of drug-likeness (QED) is 0.686. The van der Waals surface area contributed by atoms with E-state index in [0.29, 0.717) is 10.8 Å². The minimum atomic E-state index is -3.30. The maximum atomic E-state index is 11.9. The van der Waals surface area contributed by atoms with Gasteiger partial charge in [0.15, 0.2) is 0 Å². The van der Waals surface area contributed by atoms with Gasteiger partial charge in [-0.25, -0.2) is 13.1 Å². The van der Waals surface area contributed by atoms with Gasteiger partial charge >= 0.3 is 0 Å². The standard InChI is InChI=1S/C12H22N2O2S2/c1-3-5-9-14-18(15,16)12-7-6-11(17-12)10-13-8-4-2/h6-7,13-14H,3-5,8-10H2,1-2H3. The molecule has 0 fully saturated rings.